The van der Waals surface area contributed by atoms with Crippen molar-refractivity contribution in [3.63, 3.8) is 0 Å². The van der Waals surface area contributed by atoms with E-state index in [-0.39, 0.29) is 11.9 Å². The van der Waals surface area contributed by atoms with E-state index in [0.29, 0.717) is 13.2 Å². The van der Waals surface area contributed by atoms with Crippen LogP contribution in [0.25, 0.3) is 0 Å². The van der Waals surface area contributed by atoms with Crippen LogP contribution in [-0.4, -0.2) is 25.7 Å². The number of esters is 1. The molecule has 1 aromatic carbocycles. The van der Waals surface area contributed by atoms with Gasteiger partial charge >= 0.3 is 5.97 Å². The van der Waals surface area contributed by atoms with E-state index in [9.17, 15) is 4.79 Å². The number of hydrogen-bond acceptors (Lipinski definition) is 4. The summed E-state index contributed by atoms with van der Waals surface area (Å²) in [5, 5.41) is 0. The molecule has 0 saturated carbocycles. The Morgan fingerprint density at radius 3 is 2.80 bits per heavy atom. The van der Waals surface area contributed by atoms with E-state index >= 15 is 0 Å². The molecule has 0 spiro atoms. The number of nitrogens with zero attached hydrogens (tertiary/aromatic N) is 1. The quantitative estimate of drug-likeness (QED) is 0.681. The molecule has 1 saturated heterocycles. The predicted molar refractivity (Wildman–Crippen MR) is 81.9 cm³/mol. The van der Waals surface area contributed by atoms with Gasteiger partial charge in [0, 0.05) is 13.1 Å². The van der Waals surface area contributed by atoms with Crippen LogP contribution in [0.5, 0.6) is 0 Å². The minimum absolute atomic E-state index is 0.0373. The standard InChI is InChI=1S/C16H24N2O2/c1-4-20-16(19)13-6-5-7-18(10-13)15-9-12(3)11(2)8-14(15)17/h8-9,13H,4-7,10,17H2,1-3H3/t13-/m1/s1. The second-order valence-corrected chi connectivity index (χ2v) is 5.53. The summed E-state index contributed by atoms with van der Waals surface area (Å²) < 4.78 is 5.14. The SMILES string of the molecule is CCOC(=O)[C@@H]1CCCN(c2cc(C)c(C)cc2N)C1. The highest BCUT2D eigenvalue weighted by Gasteiger charge is 2.27. The van der Waals surface area contributed by atoms with Gasteiger partial charge in [0.05, 0.1) is 23.9 Å². The Labute approximate surface area is 120 Å². The van der Waals surface area contributed by atoms with Crippen LogP contribution in [0, 0.1) is 19.8 Å². The van der Waals surface area contributed by atoms with Gasteiger partial charge in [-0.2, -0.15) is 0 Å². The van der Waals surface area contributed by atoms with E-state index in [1.165, 1.54) is 11.1 Å². The summed E-state index contributed by atoms with van der Waals surface area (Å²) in [6.45, 7) is 8.09. The number of aryl methyl sites for hydroxylation is 2. The second kappa shape index (κ2) is 6.16. The minimum Gasteiger partial charge on any atom is -0.466 e. The van der Waals surface area contributed by atoms with E-state index in [4.69, 9.17) is 10.5 Å². The number of nitrogen functional groups attached to an aromatic ring is 1. The number of ether oxygens (including phenoxy) is 1. The summed E-state index contributed by atoms with van der Waals surface area (Å²) in [4.78, 5) is 14.1. The van der Waals surface area contributed by atoms with Crippen LogP contribution in [0.2, 0.25) is 0 Å². The first kappa shape index (κ1) is 14.7. The van der Waals surface area contributed by atoms with Crippen LogP contribution in [0.1, 0.15) is 30.9 Å². The van der Waals surface area contributed by atoms with Crippen molar-refractivity contribution in [1.29, 1.82) is 0 Å². The molecule has 4 heteroatoms. The van der Waals surface area contributed by atoms with Crippen LogP contribution in [0.3, 0.4) is 0 Å². The summed E-state index contributed by atoms with van der Waals surface area (Å²) >= 11 is 0. The maximum Gasteiger partial charge on any atom is 0.310 e. The lowest BCUT2D eigenvalue weighted by atomic mass is 9.96. The van der Waals surface area contributed by atoms with Gasteiger partial charge in [-0.25, -0.2) is 0 Å². The average molecular weight is 276 g/mol. The third kappa shape index (κ3) is 3.06. The van der Waals surface area contributed by atoms with Crippen molar-refractivity contribution in [2.45, 2.75) is 33.6 Å². The third-order valence-electron chi connectivity index (χ3n) is 4.03. The molecule has 1 aliphatic rings. The molecule has 1 aliphatic heterocycles. The maximum absolute atomic E-state index is 11.9. The summed E-state index contributed by atoms with van der Waals surface area (Å²) in [6.07, 6.45) is 1.90. The molecule has 1 fully saturated rings. The van der Waals surface area contributed by atoms with Crippen LogP contribution in [0.15, 0.2) is 12.1 Å². The van der Waals surface area contributed by atoms with E-state index in [1.807, 2.05) is 13.0 Å². The molecule has 0 aromatic heterocycles. The van der Waals surface area contributed by atoms with Gasteiger partial charge in [0.25, 0.3) is 0 Å². The Morgan fingerprint density at radius 2 is 2.10 bits per heavy atom. The Bertz CT molecular complexity index is 499. The molecule has 1 heterocycles. The zero-order chi connectivity index (χ0) is 14.7. The highest BCUT2D eigenvalue weighted by atomic mass is 16.5. The Hall–Kier alpha value is -1.71. The molecule has 0 unspecified atom stereocenters. The average Bonchev–Trinajstić information content (AvgIpc) is 2.43. The van der Waals surface area contributed by atoms with Gasteiger partial charge in [0.2, 0.25) is 0 Å². The number of hydrogen-bond donors (Lipinski definition) is 1. The molecule has 20 heavy (non-hydrogen) atoms. The summed E-state index contributed by atoms with van der Waals surface area (Å²) in [6, 6.07) is 4.14. The second-order valence-electron chi connectivity index (χ2n) is 5.53. The maximum atomic E-state index is 11.9. The van der Waals surface area contributed by atoms with Gasteiger partial charge in [-0.1, -0.05) is 0 Å². The van der Waals surface area contributed by atoms with Gasteiger partial charge in [-0.05, 0) is 56.9 Å². The lowest BCUT2D eigenvalue weighted by Crippen LogP contribution is -2.39. The number of piperidine rings is 1. The number of carbonyl (C=O) groups is 1. The van der Waals surface area contributed by atoms with Gasteiger partial charge in [0.1, 0.15) is 0 Å². The van der Waals surface area contributed by atoms with E-state index in [1.54, 1.807) is 0 Å². The van der Waals surface area contributed by atoms with E-state index in [2.05, 4.69) is 24.8 Å². The zero-order valence-electron chi connectivity index (χ0n) is 12.6. The molecule has 1 atom stereocenters. The Morgan fingerprint density at radius 1 is 1.40 bits per heavy atom. The monoisotopic (exact) mass is 276 g/mol. The van der Waals surface area contributed by atoms with Crippen molar-refractivity contribution in [3.05, 3.63) is 23.3 Å². The molecule has 2 rings (SSSR count). The number of benzene rings is 1. The number of carbonyl (C=O) groups excluding carboxylic acids is 1. The van der Waals surface area contributed by atoms with Crippen LogP contribution in [0.4, 0.5) is 11.4 Å². The van der Waals surface area contributed by atoms with Gasteiger partial charge < -0.3 is 15.4 Å². The Balaban J connectivity index is 2.17. The highest BCUT2D eigenvalue weighted by molar-refractivity contribution is 5.75. The first-order valence-electron chi connectivity index (χ1n) is 7.31. The Kier molecular flexibility index (Phi) is 4.53. The fraction of sp³-hybridized carbons (Fsp3) is 0.562. The summed E-state index contributed by atoms with van der Waals surface area (Å²) in [7, 11) is 0. The van der Waals surface area contributed by atoms with E-state index < -0.39 is 0 Å². The van der Waals surface area contributed by atoms with Crippen molar-refractivity contribution >= 4 is 17.3 Å². The minimum atomic E-state index is -0.0837. The van der Waals surface area contributed by atoms with E-state index in [0.717, 1.165) is 30.8 Å². The van der Waals surface area contributed by atoms with Crippen molar-refractivity contribution in [2.75, 3.05) is 30.3 Å². The normalized spacial score (nSPS) is 18.9. The molecule has 0 amide bonds. The van der Waals surface area contributed by atoms with Crippen molar-refractivity contribution < 1.29 is 9.53 Å². The van der Waals surface area contributed by atoms with Crippen molar-refractivity contribution in [1.82, 2.24) is 0 Å². The smallest absolute Gasteiger partial charge is 0.310 e. The lowest BCUT2D eigenvalue weighted by Gasteiger charge is -2.34. The fourth-order valence-corrected chi connectivity index (χ4v) is 2.75. The molecule has 4 nitrogen and oxygen atoms in total. The van der Waals surface area contributed by atoms with Gasteiger partial charge in [-0.15, -0.1) is 0 Å². The summed E-state index contributed by atoms with van der Waals surface area (Å²) in [5.74, 6) is -0.121. The molecule has 0 aliphatic carbocycles. The molecule has 2 N–H and O–H groups in total. The molecule has 0 radical (unpaired) electrons. The lowest BCUT2D eigenvalue weighted by molar-refractivity contribution is -0.148. The predicted octanol–water partition coefficient (Wildman–Crippen LogP) is 2.67. The van der Waals surface area contributed by atoms with Crippen LogP contribution < -0.4 is 10.6 Å². The highest BCUT2D eigenvalue weighted by Crippen LogP contribution is 2.30. The number of anilines is 2. The third-order valence-corrected chi connectivity index (χ3v) is 4.03. The van der Waals surface area contributed by atoms with Crippen molar-refractivity contribution in [3.8, 4) is 0 Å². The van der Waals surface area contributed by atoms with Crippen molar-refractivity contribution in [2.24, 2.45) is 5.92 Å². The molecule has 0 bridgehead atoms. The molecule has 1 aromatic rings. The van der Waals surface area contributed by atoms with Crippen LogP contribution >= 0.6 is 0 Å². The molecular formula is C16H24N2O2. The first-order valence-corrected chi connectivity index (χ1v) is 7.31. The number of nitrogens with two attached hydrogens (primary N) is 1. The molecule has 110 valence electrons. The topological polar surface area (TPSA) is 55.6 Å². The first-order chi connectivity index (χ1) is 9.52. The fourth-order valence-electron chi connectivity index (χ4n) is 2.75. The molecular weight excluding hydrogens is 252 g/mol. The summed E-state index contributed by atoms with van der Waals surface area (Å²) in [5.41, 5.74) is 10.4. The van der Waals surface area contributed by atoms with Gasteiger partial charge in [-0.3, -0.25) is 4.79 Å². The largest absolute Gasteiger partial charge is 0.466 e. The van der Waals surface area contributed by atoms with Gasteiger partial charge in [0.15, 0.2) is 0 Å². The zero-order valence-corrected chi connectivity index (χ0v) is 12.6. The van der Waals surface area contributed by atoms with Crippen LogP contribution in [-0.2, 0) is 9.53 Å². The number of rotatable bonds is 3.